The number of allylic oxidation sites excluding steroid dienone is 2. The van der Waals surface area contributed by atoms with E-state index in [1.807, 2.05) is 0 Å². The van der Waals surface area contributed by atoms with Crippen molar-refractivity contribution in [3.05, 3.63) is 12.2 Å². The van der Waals surface area contributed by atoms with Crippen molar-refractivity contribution in [2.75, 3.05) is 0 Å². The topological polar surface area (TPSA) is 17.1 Å². The molecule has 0 saturated heterocycles. The zero-order chi connectivity index (χ0) is 9.26. The van der Waals surface area contributed by atoms with Gasteiger partial charge < -0.3 is 0 Å². The van der Waals surface area contributed by atoms with E-state index in [-0.39, 0.29) is 0 Å². The van der Waals surface area contributed by atoms with Gasteiger partial charge in [-0.05, 0) is 37.5 Å². The molecular formula is C12H18O. The summed E-state index contributed by atoms with van der Waals surface area (Å²) < 4.78 is 0. The van der Waals surface area contributed by atoms with Gasteiger partial charge in [-0.15, -0.1) is 0 Å². The van der Waals surface area contributed by atoms with Gasteiger partial charge in [-0.2, -0.15) is 0 Å². The van der Waals surface area contributed by atoms with E-state index in [9.17, 15) is 4.79 Å². The second kappa shape index (κ2) is 3.65. The molecule has 1 saturated carbocycles. The fraction of sp³-hybridized carbons (Fsp3) is 0.750. The number of Topliss-reactive ketones (excluding diaryl/α,β-unsaturated/α-hetero) is 1. The molecule has 0 heterocycles. The Bertz CT molecular complexity index is 229. The summed E-state index contributed by atoms with van der Waals surface area (Å²) in [5.41, 5.74) is 0. The van der Waals surface area contributed by atoms with Gasteiger partial charge in [0.05, 0.1) is 0 Å². The molecule has 0 aromatic heterocycles. The highest BCUT2D eigenvalue weighted by Gasteiger charge is 2.30. The van der Waals surface area contributed by atoms with Crippen molar-refractivity contribution in [2.24, 2.45) is 17.8 Å². The number of ketones is 1. The molecule has 3 atom stereocenters. The summed E-state index contributed by atoms with van der Waals surface area (Å²) >= 11 is 0. The molecule has 13 heavy (non-hydrogen) atoms. The average Bonchev–Trinajstić information content (AvgIpc) is 2.43. The van der Waals surface area contributed by atoms with E-state index < -0.39 is 0 Å². The molecule has 2 aliphatic carbocycles. The van der Waals surface area contributed by atoms with Crippen LogP contribution in [0, 0.1) is 17.8 Å². The van der Waals surface area contributed by atoms with Gasteiger partial charge in [-0.25, -0.2) is 0 Å². The normalized spacial score (nSPS) is 39.8. The van der Waals surface area contributed by atoms with Crippen LogP contribution in [0.25, 0.3) is 0 Å². The predicted molar refractivity (Wildman–Crippen MR) is 53.4 cm³/mol. The van der Waals surface area contributed by atoms with Gasteiger partial charge in [0.15, 0.2) is 0 Å². The Morgan fingerprint density at radius 2 is 2.08 bits per heavy atom. The summed E-state index contributed by atoms with van der Waals surface area (Å²) in [7, 11) is 0. The van der Waals surface area contributed by atoms with Crippen molar-refractivity contribution >= 4 is 5.78 Å². The SMILES string of the molecule is CC1CCC(=O)C2CC=CCC1C2. The maximum atomic E-state index is 11.7. The standard InChI is InChI=1S/C12H18O/c1-9-6-7-12(13)11-5-3-2-4-10(9)8-11/h2-3,9-11H,4-8H2,1H3. The van der Waals surface area contributed by atoms with Gasteiger partial charge in [-0.1, -0.05) is 19.1 Å². The van der Waals surface area contributed by atoms with Crippen LogP contribution in [0.15, 0.2) is 12.2 Å². The van der Waals surface area contributed by atoms with Crippen LogP contribution in [0.5, 0.6) is 0 Å². The number of carbonyl (C=O) groups excluding carboxylic acids is 1. The van der Waals surface area contributed by atoms with Crippen molar-refractivity contribution in [2.45, 2.75) is 39.0 Å². The predicted octanol–water partition coefficient (Wildman–Crippen LogP) is 2.96. The second-order valence-electron chi connectivity index (χ2n) is 4.62. The molecule has 0 spiro atoms. The Morgan fingerprint density at radius 3 is 2.92 bits per heavy atom. The van der Waals surface area contributed by atoms with E-state index in [1.165, 1.54) is 6.42 Å². The average molecular weight is 178 g/mol. The molecule has 1 heteroatoms. The van der Waals surface area contributed by atoms with Crippen molar-refractivity contribution < 1.29 is 4.79 Å². The van der Waals surface area contributed by atoms with Crippen LogP contribution in [0.1, 0.15) is 39.0 Å². The minimum Gasteiger partial charge on any atom is -0.299 e. The van der Waals surface area contributed by atoms with Gasteiger partial charge in [0.1, 0.15) is 5.78 Å². The highest BCUT2D eigenvalue weighted by atomic mass is 16.1. The van der Waals surface area contributed by atoms with Gasteiger partial charge in [0.2, 0.25) is 0 Å². The highest BCUT2D eigenvalue weighted by Crippen LogP contribution is 2.36. The van der Waals surface area contributed by atoms with Crippen LogP contribution in [0.3, 0.4) is 0 Å². The first-order valence-corrected chi connectivity index (χ1v) is 5.45. The third-order valence-electron chi connectivity index (χ3n) is 3.72. The molecule has 0 aromatic carbocycles. The van der Waals surface area contributed by atoms with Crippen molar-refractivity contribution in [1.29, 1.82) is 0 Å². The molecule has 0 aromatic rings. The minimum absolute atomic E-state index is 0.355. The monoisotopic (exact) mass is 178 g/mol. The molecule has 1 fully saturated rings. The summed E-state index contributed by atoms with van der Waals surface area (Å²) in [5, 5.41) is 0. The van der Waals surface area contributed by atoms with Gasteiger partial charge >= 0.3 is 0 Å². The molecule has 0 N–H and O–H groups in total. The minimum atomic E-state index is 0.355. The fourth-order valence-electron chi connectivity index (χ4n) is 2.63. The smallest absolute Gasteiger partial charge is 0.136 e. The van der Waals surface area contributed by atoms with Crippen molar-refractivity contribution in [1.82, 2.24) is 0 Å². The van der Waals surface area contributed by atoms with Crippen LogP contribution >= 0.6 is 0 Å². The lowest BCUT2D eigenvalue weighted by Crippen LogP contribution is -2.14. The zero-order valence-corrected chi connectivity index (χ0v) is 8.33. The summed E-state index contributed by atoms with van der Waals surface area (Å²) in [6.45, 7) is 2.31. The molecule has 3 unspecified atom stereocenters. The zero-order valence-electron chi connectivity index (χ0n) is 8.33. The van der Waals surface area contributed by atoms with Crippen LogP contribution in [0.4, 0.5) is 0 Å². The van der Waals surface area contributed by atoms with Gasteiger partial charge in [-0.3, -0.25) is 4.79 Å². The van der Waals surface area contributed by atoms with Gasteiger partial charge in [0.25, 0.3) is 0 Å². The Labute approximate surface area is 80.2 Å². The van der Waals surface area contributed by atoms with E-state index in [2.05, 4.69) is 19.1 Å². The summed E-state index contributed by atoms with van der Waals surface area (Å²) in [4.78, 5) is 11.7. The Kier molecular flexibility index (Phi) is 2.52. The lowest BCUT2D eigenvalue weighted by molar-refractivity contribution is -0.122. The van der Waals surface area contributed by atoms with Crippen molar-refractivity contribution in [3.63, 3.8) is 0 Å². The summed E-state index contributed by atoms with van der Waals surface area (Å²) in [6.07, 6.45) is 9.78. The van der Waals surface area contributed by atoms with Crippen LogP contribution < -0.4 is 0 Å². The first-order chi connectivity index (χ1) is 6.27. The molecule has 2 aliphatic rings. The molecule has 2 rings (SSSR count). The maximum Gasteiger partial charge on any atom is 0.136 e. The number of rotatable bonds is 0. The molecule has 2 bridgehead atoms. The largest absolute Gasteiger partial charge is 0.299 e. The number of carbonyl (C=O) groups is 1. The summed E-state index contributed by atoms with van der Waals surface area (Å²) in [5.74, 6) is 2.39. The molecule has 1 nitrogen and oxygen atoms in total. The molecular weight excluding hydrogens is 160 g/mol. The van der Waals surface area contributed by atoms with E-state index >= 15 is 0 Å². The second-order valence-corrected chi connectivity index (χ2v) is 4.62. The first kappa shape index (κ1) is 8.98. The molecule has 0 amide bonds. The quantitative estimate of drug-likeness (QED) is 0.521. The van der Waals surface area contributed by atoms with E-state index in [0.717, 1.165) is 37.5 Å². The van der Waals surface area contributed by atoms with E-state index in [1.54, 1.807) is 0 Å². The van der Waals surface area contributed by atoms with Crippen molar-refractivity contribution in [3.8, 4) is 0 Å². The van der Waals surface area contributed by atoms with Crippen LogP contribution in [0.2, 0.25) is 0 Å². The van der Waals surface area contributed by atoms with E-state index in [0.29, 0.717) is 11.7 Å². The fourth-order valence-corrected chi connectivity index (χ4v) is 2.63. The first-order valence-electron chi connectivity index (χ1n) is 5.45. The molecule has 72 valence electrons. The highest BCUT2D eigenvalue weighted by molar-refractivity contribution is 5.81. The van der Waals surface area contributed by atoms with Gasteiger partial charge in [0, 0.05) is 12.3 Å². The third-order valence-corrected chi connectivity index (χ3v) is 3.72. The number of fused-ring (bicyclic) bond motifs is 2. The Hall–Kier alpha value is -0.590. The third kappa shape index (κ3) is 1.84. The molecule has 0 radical (unpaired) electrons. The maximum absolute atomic E-state index is 11.7. The number of hydrogen-bond donors (Lipinski definition) is 0. The van der Waals surface area contributed by atoms with Crippen LogP contribution in [-0.2, 0) is 4.79 Å². The summed E-state index contributed by atoms with van der Waals surface area (Å²) in [6, 6.07) is 0. The Morgan fingerprint density at radius 1 is 1.31 bits per heavy atom. The van der Waals surface area contributed by atoms with E-state index in [4.69, 9.17) is 0 Å². The number of hydrogen-bond acceptors (Lipinski definition) is 1. The van der Waals surface area contributed by atoms with Crippen LogP contribution in [-0.4, -0.2) is 5.78 Å². The Balaban J connectivity index is 2.18. The lowest BCUT2D eigenvalue weighted by atomic mass is 9.85. The lowest BCUT2D eigenvalue weighted by Gasteiger charge is -2.19. The molecule has 0 aliphatic heterocycles.